The van der Waals surface area contributed by atoms with Gasteiger partial charge in [0.25, 0.3) is 5.91 Å². The van der Waals surface area contributed by atoms with Gasteiger partial charge in [0, 0.05) is 37.1 Å². The van der Waals surface area contributed by atoms with Crippen molar-refractivity contribution in [1.29, 1.82) is 0 Å². The Kier molecular flexibility index (Phi) is 4.20. The number of aromatic amines is 1. The number of amides is 1. The fraction of sp³-hybridized carbons (Fsp3) is 0.316. The van der Waals surface area contributed by atoms with E-state index in [2.05, 4.69) is 20.5 Å². The second-order valence-electron chi connectivity index (χ2n) is 6.57. The van der Waals surface area contributed by atoms with Crippen molar-refractivity contribution in [2.75, 3.05) is 30.4 Å². The van der Waals surface area contributed by atoms with Crippen molar-refractivity contribution in [1.82, 2.24) is 20.3 Å². The maximum Gasteiger partial charge on any atom is 0.251 e. The molecule has 26 heavy (non-hydrogen) atoms. The molecule has 0 unspecified atom stereocenters. The average molecular weight is 350 g/mol. The van der Waals surface area contributed by atoms with Crippen molar-refractivity contribution in [3.8, 4) is 0 Å². The van der Waals surface area contributed by atoms with Gasteiger partial charge < -0.3 is 20.5 Å². The van der Waals surface area contributed by atoms with Gasteiger partial charge in [-0.3, -0.25) is 4.79 Å². The summed E-state index contributed by atoms with van der Waals surface area (Å²) in [6.07, 6.45) is 2.34. The lowest BCUT2D eigenvalue weighted by Crippen LogP contribution is -2.21. The molecule has 1 aliphatic rings. The second kappa shape index (κ2) is 6.67. The number of nitrogens with one attached hydrogen (secondary N) is 3. The summed E-state index contributed by atoms with van der Waals surface area (Å²) in [4.78, 5) is 26.9. The lowest BCUT2D eigenvalue weighted by molar-refractivity contribution is 0.0963. The van der Waals surface area contributed by atoms with Crippen molar-refractivity contribution < 1.29 is 4.79 Å². The Bertz CT molecular complexity index is 958. The molecule has 7 heteroatoms. The zero-order valence-electron chi connectivity index (χ0n) is 15.0. The van der Waals surface area contributed by atoms with Gasteiger partial charge in [0.05, 0.1) is 5.39 Å². The number of carbonyl (C=O) groups excluding carboxylic acids is 1. The molecule has 3 heterocycles. The van der Waals surface area contributed by atoms with Crippen LogP contribution in [-0.2, 0) is 0 Å². The zero-order chi connectivity index (χ0) is 18.1. The molecule has 0 radical (unpaired) electrons. The van der Waals surface area contributed by atoms with E-state index in [0.29, 0.717) is 5.56 Å². The highest BCUT2D eigenvalue weighted by Crippen LogP contribution is 2.28. The van der Waals surface area contributed by atoms with Crippen molar-refractivity contribution in [3.05, 3.63) is 41.6 Å². The molecule has 4 rings (SSSR count). The summed E-state index contributed by atoms with van der Waals surface area (Å²) < 4.78 is 0. The molecular formula is C19H22N6O. The number of fused-ring (bicyclic) bond motifs is 1. The van der Waals surface area contributed by atoms with E-state index < -0.39 is 0 Å². The van der Waals surface area contributed by atoms with Crippen LogP contribution in [0.3, 0.4) is 0 Å². The summed E-state index contributed by atoms with van der Waals surface area (Å²) in [6, 6.07) is 9.43. The SMILES string of the molecule is CNC(=O)c1cccc(Nc2nc(N3CCCC3)nc3[nH]c(C)cc23)c1. The average Bonchev–Trinajstić information content (AvgIpc) is 3.30. The quantitative estimate of drug-likeness (QED) is 0.673. The normalized spacial score (nSPS) is 14.0. The molecular weight excluding hydrogens is 328 g/mol. The van der Waals surface area contributed by atoms with Crippen LogP contribution < -0.4 is 15.5 Å². The molecule has 0 spiro atoms. The first-order valence-electron chi connectivity index (χ1n) is 8.85. The number of rotatable bonds is 4. The van der Waals surface area contributed by atoms with Gasteiger partial charge in [-0.2, -0.15) is 9.97 Å². The summed E-state index contributed by atoms with van der Waals surface area (Å²) in [6.45, 7) is 3.97. The molecule has 2 aromatic heterocycles. The van der Waals surface area contributed by atoms with E-state index in [-0.39, 0.29) is 5.91 Å². The first kappa shape index (κ1) is 16.4. The van der Waals surface area contributed by atoms with Crippen LogP contribution >= 0.6 is 0 Å². The van der Waals surface area contributed by atoms with Crippen LogP contribution in [0.5, 0.6) is 0 Å². The van der Waals surface area contributed by atoms with Crippen molar-refractivity contribution in [2.45, 2.75) is 19.8 Å². The molecule has 1 saturated heterocycles. The summed E-state index contributed by atoms with van der Waals surface area (Å²) in [5.74, 6) is 1.37. The number of H-pyrrole nitrogens is 1. The number of aromatic nitrogens is 3. The minimum atomic E-state index is -0.114. The lowest BCUT2D eigenvalue weighted by Gasteiger charge is -2.17. The first-order valence-corrected chi connectivity index (χ1v) is 8.85. The van der Waals surface area contributed by atoms with Gasteiger partial charge in [0.2, 0.25) is 5.95 Å². The van der Waals surface area contributed by atoms with Crippen LogP contribution in [0.1, 0.15) is 28.9 Å². The number of anilines is 3. The van der Waals surface area contributed by atoms with Gasteiger partial charge in [-0.25, -0.2) is 0 Å². The minimum Gasteiger partial charge on any atom is -0.355 e. The number of nitrogens with zero attached hydrogens (tertiary/aromatic N) is 3. The Morgan fingerprint density at radius 3 is 2.77 bits per heavy atom. The molecule has 7 nitrogen and oxygen atoms in total. The van der Waals surface area contributed by atoms with E-state index in [9.17, 15) is 4.79 Å². The van der Waals surface area contributed by atoms with E-state index in [4.69, 9.17) is 9.97 Å². The summed E-state index contributed by atoms with van der Waals surface area (Å²) in [7, 11) is 1.63. The summed E-state index contributed by atoms with van der Waals surface area (Å²) in [5, 5.41) is 6.95. The third kappa shape index (κ3) is 3.08. The fourth-order valence-electron chi connectivity index (χ4n) is 3.30. The Balaban J connectivity index is 1.74. The second-order valence-corrected chi connectivity index (χ2v) is 6.57. The van der Waals surface area contributed by atoms with Gasteiger partial charge in [-0.15, -0.1) is 0 Å². The van der Waals surface area contributed by atoms with Crippen LogP contribution in [-0.4, -0.2) is 41.0 Å². The van der Waals surface area contributed by atoms with Gasteiger partial charge in [-0.05, 0) is 44.0 Å². The standard InChI is InChI=1S/C19H22N6O/c1-12-10-15-16(21-12)23-19(25-8-3-4-9-25)24-17(15)22-14-7-5-6-13(11-14)18(26)20-2/h5-7,10-11H,3-4,8-9H2,1-2H3,(H,20,26)(H2,21,22,23,24). The van der Waals surface area contributed by atoms with Crippen LogP contribution in [0.25, 0.3) is 11.0 Å². The summed E-state index contributed by atoms with van der Waals surface area (Å²) in [5.41, 5.74) is 3.28. The molecule has 0 bridgehead atoms. The summed E-state index contributed by atoms with van der Waals surface area (Å²) >= 11 is 0. The Labute approximate surface area is 151 Å². The zero-order valence-corrected chi connectivity index (χ0v) is 15.0. The molecule has 134 valence electrons. The number of benzene rings is 1. The maximum absolute atomic E-state index is 11.9. The maximum atomic E-state index is 11.9. The highest BCUT2D eigenvalue weighted by atomic mass is 16.1. The third-order valence-corrected chi connectivity index (χ3v) is 4.61. The number of hydrogen-bond donors (Lipinski definition) is 3. The molecule has 3 N–H and O–H groups in total. The van der Waals surface area contributed by atoms with Gasteiger partial charge in [0.15, 0.2) is 0 Å². The lowest BCUT2D eigenvalue weighted by atomic mass is 10.2. The highest BCUT2D eigenvalue weighted by molar-refractivity contribution is 5.96. The monoisotopic (exact) mass is 350 g/mol. The predicted molar refractivity (Wildman–Crippen MR) is 103 cm³/mol. The molecule has 1 fully saturated rings. The van der Waals surface area contributed by atoms with Gasteiger partial charge in [0.1, 0.15) is 11.5 Å². The van der Waals surface area contributed by atoms with E-state index >= 15 is 0 Å². The Morgan fingerprint density at radius 2 is 2.00 bits per heavy atom. The number of hydrogen-bond acceptors (Lipinski definition) is 5. The van der Waals surface area contributed by atoms with Crippen molar-refractivity contribution >= 4 is 34.4 Å². The van der Waals surface area contributed by atoms with Gasteiger partial charge in [-0.1, -0.05) is 6.07 Å². The molecule has 0 atom stereocenters. The van der Waals surface area contributed by atoms with Crippen LogP contribution in [0.2, 0.25) is 0 Å². The van der Waals surface area contributed by atoms with Gasteiger partial charge >= 0.3 is 0 Å². The Hall–Kier alpha value is -3.09. The molecule has 1 aliphatic heterocycles. The molecule has 1 amide bonds. The predicted octanol–water partition coefficient (Wildman–Crippen LogP) is 2.97. The number of aryl methyl sites for hydroxylation is 1. The molecule has 3 aromatic rings. The van der Waals surface area contributed by atoms with Crippen molar-refractivity contribution in [2.24, 2.45) is 0 Å². The largest absolute Gasteiger partial charge is 0.355 e. The van der Waals surface area contributed by atoms with E-state index in [1.54, 1.807) is 13.1 Å². The fourth-order valence-corrected chi connectivity index (χ4v) is 3.30. The van der Waals surface area contributed by atoms with E-state index in [0.717, 1.165) is 47.3 Å². The van der Waals surface area contributed by atoms with Crippen LogP contribution in [0.4, 0.5) is 17.5 Å². The molecule has 0 saturated carbocycles. The Morgan fingerprint density at radius 1 is 1.19 bits per heavy atom. The topological polar surface area (TPSA) is 85.9 Å². The number of carbonyl (C=O) groups is 1. The minimum absolute atomic E-state index is 0.114. The van der Waals surface area contributed by atoms with Crippen LogP contribution in [0.15, 0.2) is 30.3 Å². The van der Waals surface area contributed by atoms with Crippen molar-refractivity contribution in [3.63, 3.8) is 0 Å². The third-order valence-electron chi connectivity index (χ3n) is 4.61. The van der Waals surface area contributed by atoms with E-state index in [1.165, 1.54) is 12.8 Å². The highest BCUT2D eigenvalue weighted by Gasteiger charge is 2.18. The smallest absolute Gasteiger partial charge is 0.251 e. The molecule has 1 aromatic carbocycles. The van der Waals surface area contributed by atoms with Crippen LogP contribution in [0, 0.1) is 6.92 Å². The van der Waals surface area contributed by atoms with E-state index in [1.807, 2.05) is 31.2 Å². The first-order chi connectivity index (χ1) is 12.6. The molecule has 0 aliphatic carbocycles.